The van der Waals surface area contributed by atoms with Crippen molar-refractivity contribution in [3.05, 3.63) is 75.2 Å². The lowest BCUT2D eigenvalue weighted by Gasteiger charge is -2.17. The molecule has 0 fully saturated rings. The molecular weight excluding hydrogens is 364 g/mol. The summed E-state index contributed by atoms with van der Waals surface area (Å²) in [5.41, 5.74) is 0.737. The van der Waals surface area contributed by atoms with Gasteiger partial charge in [0.05, 0.1) is 15.4 Å². The highest BCUT2D eigenvalue weighted by Crippen LogP contribution is 2.40. The SMILES string of the molecule is CC(C)CN1C(=O)C(Sc2ccccc2)=C(c2ccc([N+](=O)[O-])cc2)C1=O. The van der Waals surface area contributed by atoms with Gasteiger partial charge in [-0.1, -0.05) is 43.8 Å². The van der Waals surface area contributed by atoms with E-state index < -0.39 is 4.92 Å². The average Bonchev–Trinajstić information content (AvgIpc) is 2.87. The van der Waals surface area contributed by atoms with E-state index in [0.717, 1.165) is 4.90 Å². The molecule has 2 aromatic rings. The predicted octanol–water partition coefficient (Wildman–Crippen LogP) is 4.12. The van der Waals surface area contributed by atoms with Gasteiger partial charge in [-0.15, -0.1) is 0 Å². The number of nitro benzene ring substituents is 1. The minimum atomic E-state index is -0.496. The Morgan fingerprint density at radius 2 is 1.63 bits per heavy atom. The summed E-state index contributed by atoms with van der Waals surface area (Å²) in [6.45, 7) is 4.20. The number of non-ortho nitro benzene ring substituents is 1. The zero-order valence-corrected chi connectivity index (χ0v) is 15.7. The molecule has 0 N–H and O–H groups in total. The van der Waals surface area contributed by atoms with Gasteiger partial charge in [0.15, 0.2) is 0 Å². The molecule has 0 spiro atoms. The van der Waals surface area contributed by atoms with Crippen LogP contribution in [0.4, 0.5) is 5.69 Å². The van der Waals surface area contributed by atoms with Crippen LogP contribution in [0.25, 0.3) is 5.57 Å². The second kappa shape index (κ2) is 7.75. The lowest BCUT2D eigenvalue weighted by Crippen LogP contribution is -2.34. The maximum atomic E-state index is 13.0. The number of hydrogen-bond acceptors (Lipinski definition) is 5. The first-order chi connectivity index (χ1) is 12.9. The first kappa shape index (κ1) is 18.8. The molecule has 6 nitrogen and oxygen atoms in total. The van der Waals surface area contributed by atoms with Gasteiger partial charge in [-0.05, 0) is 35.7 Å². The second-order valence-corrected chi connectivity index (χ2v) is 7.62. The second-order valence-electron chi connectivity index (χ2n) is 6.54. The average molecular weight is 382 g/mol. The molecule has 3 rings (SSSR count). The van der Waals surface area contributed by atoms with Gasteiger partial charge in [-0.25, -0.2) is 0 Å². The van der Waals surface area contributed by atoms with Crippen LogP contribution in [0.1, 0.15) is 19.4 Å². The number of rotatable bonds is 6. The number of carbonyl (C=O) groups is 2. The lowest BCUT2D eigenvalue weighted by molar-refractivity contribution is -0.384. The molecule has 1 aliphatic rings. The van der Waals surface area contributed by atoms with Crippen molar-refractivity contribution in [2.75, 3.05) is 6.54 Å². The molecule has 0 unspecified atom stereocenters. The van der Waals surface area contributed by atoms with E-state index >= 15 is 0 Å². The summed E-state index contributed by atoms with van der Waals surface area (Å²) < 4.78 is 0. The van der Waals surface area contributed by atoms with Crippen LogP contribution >= 0.6 is 11.8 Å². The Hall–Kier alpha value is -2.93. The van der Waals surface area contributed by atoms with E-state index in [2.05, 4.69) is 0 Å². The third-order valence-electron chi connectivity index (χ3n) is 4.00. The number of nitrogens with zero attached hydrogens (tertiary/aromatic N) is 2. The van der Waals surface area contributed by atoms with E-state index in [4.69, 9.17) is 0 Å². The highest BCUT2D eigenvalue weighted by atomic mass is 32.2. The van der Waals surface area contributed by atoms with Crippen molar-refractivity contribution in [2.24, 2.45) is 5.92 Å². The monoisotopic (exact) mass is 382 g/mol. The summed E-state index contributed by atoms with van der Waals surface area (Å²) in [6.07, 6.45) is 0. The topological polar surface area (TPSA) is 80.5 Å². The zero-order chi connectivity index (χ0) is 19.6. The van der Waals surface area contributed by atoms with Crippen molar-refractivity contribution < 1.29 is 14.5 Å². The Bertz CT molecular complexity index is 921. The fraction of sp³-hybridized carbons (Fsp3) is 0.200. The van der Waals surface area contributed by atoms with E-state index in [-0.39, 0.29) is 23.4 Å². The largest absolute Gasteiger partial charge is 0.274 e. The molecule has 138 valence electrons. The standard InChI is InChI=1S/C20H18N2O4S/c1-13(2)12-21-19(23)17(14-8-10-15(11-9-14)22(25)26)18(20(21)24)27-16-6-4-3-5-7-16/h3-11,13H,12H2,1-2H3. The molecular formula is C20H18N2O4S. The minimum absolute atomic E-state index is 0.0626. The van der Waals surface area contributed by atoms with Gasteiger partial charge in [0.25, 0.3) is 17.5 Å². The van der Waals surface area contributed by atoms with Crippen molar-refractivity contribution in [1.82, 2.24) is 4.90 Å². The molecule has 0 aliphatic carbocycles. The van der Waals surface area contributed by atoms with Crippen LogP contribution in [-0.4, -0.2) is 28.2 Å². The van der Waals surface area contributed by atoms with Crippen LogP contribution in [0.15, 0.2) is 64.4 Å². The molecule has 0 bridgehead atoms. The predicted molar refractivity (Wildman–Crippen MR) is 104 cm³/mol. The smallest absolute Gasteiger partial charge is 0.269 e. The van der Waals surface area contributed by atoms with Gasteiger partial charge in [0.2, 0.25) is 0 Å². The fourth-order valence-corrected chi connectivity index (χ4v) is 3.82. The highest BCUT2D eigenvalue weighted by molar-refractivity contribution is 8.04. The number of nitro groups is 1. The number of thioether (sulfide) groups is 1. The fourth-order valence-electron chi connectivity index (χ4n) is 2.79. The summed E-state index contributed by atoms with van der Waals surface area (Å²) in [4.78, 5) is 38.7. The van der Waals surface area contributed by atoms with Crippen LogP contribution in [-0.2, 0) is 9.59 Å². The molecule has 2 aromatic carbocycles. The van der Waals surface area contributed by atoms with E-state index in [9.17, 15) is 19.7 Å². The van der Waals surface area contributed by atoms with Crippen LogP contribution < -0.4 is 0 Å². The van der Waals surface area contributed by atoms with Gasteiger partial charge in [0, 0.05) is 23.6 Å². The number of carbonyl (C=O) groups excluding carboxylic acids is 2. The quantitative estimate of drug-likeness (QED) is 0.426. The van der Waals surface area contributed by atoms with E-state index in [0.29, 0.717) is 22.6 Å². The van der Waals surface area contributed by atoms with Crippen molar-refractivity contribution in [1.29, 1.82) is 0 Å². The van der Waals surface area contributed by atoms with E-state index in [1.54, 1.807) is 0 Å². The molecule has 0 radical (unpaired) electrons. The molecule has 7 heteroatoms. The molecule has 0 saturated carbocycles. The van der Waals surface area contributed by atoms with Crippen LogP contribution in [0.5, 0.6) is 0 Å². The molecule has 27 heavy (non-hydrogen) atoms. The van der Waals surface area contributed by atoms with Gasteiger partial charge in [-0.3, -0.25) is 24.6 Å². The van der Waals surface area contributed by atoms with Crippen molar-refractivity contribution in [3.8, 4) is 0 Å². The van der Waals surface area contributed by atoms with Gasteiger partial charge in [-0.2, -0.15) is 0 Å². The van der Waals surface area contributed by atoms with Gasteiger partial charge >= 0.3 is 0 Å². The van der Waals surface area contributed by atoms with E-state index in [1.165, 1.54) is 40.9 Å². The maximum Gasteiger partial charge on any atom is 0.269 e. The first-order valence-corrected chi connectivity index (χ1v) is 9.28. The lowest BCUT2D eigenvalue weighted by atomic mass is 10.1. The summed E-state index contributed by atoms with van der Waals surface area (Å²) in [5.74, 6) is -0.547. The summed E-state index contributed by atoms with van der Waals surface area (Å²) in [7, 11) is 0. The summed E-state index contributed by atoms with van der Waals surface area (Å²) >= 11 is 1.24. The first-order valence-electron chi connectivity index (χ1n) is 8.46. The maximum absolute atomic E-state index is 13.0. The molecule has 0 aromatic heterocycles. The number of benzene rings is 2. The van der Waals surface area contributed by atoms with Crippen LogP contribution in [0.2, 0.25) is 0 Å². The molecule has 0 saturated heterocycles. The van der Waals surface area contributed by atoms with Crippen molar-refractivity contribution in [3.63, 3.8) is 0 Å². The van der Waals surface area contributed by atoms with Crippen molar-refractivity contribution >= 4 is 34.8 Å². The number of amides is 2. The van der Waals surface area contributed by atoms with E-state index in [1.807, 2.05) is 44.2 Å². The Balaban J connectivity index is 2.05. The summed E-state index contributed by atoms with van der Waals surface area (Å²) in [5, 5.41) is 10.9. The number of hydrogen-bond donors (Lipinski definition) is 0. The Morgan fingerprint density at radius 1 is 1.00 bits per heavy atom. The Kier molecular flexibility index (Phi) is 5.41. The minimum Gasteiger partial charge on any atom is -0.274 e. The Morgan fingerprint density at radius 3 is 2.19 bits per heavy atom. The van der Waals surface area contributed by atoms with Gasteiger partial charge in [0.1, 0.15) is 0 Å². The van der Waals surface area contributed by atoms with Crippen LogP contribution in [0, 0.1) is 16.0 Å². The molecule has 1 heterocycles. The van der Waals surface area contributed by atoms with Gasteiger partial charge < -0.3 is 0 Å². The zero-order valence-electron chi connectivity index (χ0n) is 14.9. The van der Waals surface area contributed by atoms with Crippen LogP contribution in [0.3, 0.4) is 0 Å². The number of imide groups is 1. The molecule has 1 aliphatic heterocycles. The highest BCUT2D eigenvalue weighted by Gasteiger charge is 2.39. The normalized spacial score (nSPS) is 14.4. The molecule has 2 amide bonds. The Labute approximate surface area is 161 Å². The summed E-state index contributed by atoms with van der Waals surface area (Å²) in [6, 6.07) is 15.1. The molecule has 0 atom stereocenters. The third-order valence-corrected chi connectivity index (χ3v) is 5.09. The van der Waals surface area contributed by atoms with Crippen molar-refractivity contribution in [2.45, 2.75) is 18.7 Å². The third kappa shape index (κ3) is 3.93.